The van der Waals surface area contributed by atoms with E-state index in [0.717, 1.165) is 0 Å². The topological polar surface area (TPSA) is 3.24 Å². The maximum Gasteiger partial charge on any atom is 0.249 e. The minimum Gasteiger partial charge on any atom is -0.311 e. The van der Waals surface area contributed by atoms with Crippen LogP contribution < -0.4 is 62.8 Å². The van der Waals surface area contributed by atoms with Gasteiger partial charge in [0.15, 0.2) is 16.1 Å². The fourth-order valence-electron chi connectivity index (χ4n) is 15.4. The molecule has 380 valence electrons. The fraction of sp³-hybridized carbons (Fsp3) is 0.0526. The van der Waals surface area contributed by atoms with Gasteiger partial charge in [-0.1, -0.05) is 269 Å². The molecule has 0 unspecified atom stereocenters. The van der Waals surface area contributed by atoms with Crippen molar-refractivity contribution in [1.29, 1.82) is 0 Å². The molecule has 0 saturated carbocycles. The third-order valence-corrected chi connectivity index (χ3v) is 29.8. The summed E-state index contributed by atoms with van der Waals surface area (Å²) in [6.07, 6.45) is 0. The average molecular weight is 1080 g/mol. The molecule has 0 aliphatic carbocycles. The van der Waals surface area contributed by atoms with E-state index in [4.69, 9.17) is 0 Å². The molecule has 0 atom stereocenters. The van der Waals surface area contributed by atoms with Gasteiger partial charge in [-0.05, 0) is 156 Å². The Balaban J connectivity index is 0.962. The number of rotatable bonds is 5. The monoisotopic (exact) mass is 1080 g/mol. The first-order valence-corrected chi connectivity index (χ1v) is 33.4. The Morgan fingerprint density at radius 1 is 0.321 bits per heavy atom. The van der Waals surface area contributed by atoms with Crippen molar-refractivity contribution in [3.8, 4) is 55.6 Å². The number of nitrogens with zero attached hydrogens (tertiary/aromatic N) is 1. The van der Waals surface area contributed by atoms with Crippen molar-refractivity contribution in [2.24, 2.45) is 0 Å². The summed E-state index contributed by atoms with van der Waals surface area (Å²) in [6, 6.07) is 106. The van der Waals surface area contributed by atoms with Crippen LogP contribution in [0.3, 0.4) is 0 Å². The second kappa shape index (κ2) is 17.4. The second-order valence-corrected chi connectivity index (χ2v) is 32.3. The lowest BCUT2D eigenvalue weighted by molar-refractivity contribution is 0.590. The predicted octanol–water partition coefficient (Wildman–Crippen LogP) is 11.8. The Bertz CT molecular complexity index is 4540. The van der Waals surface area contributed by atoms with Crippen molar-refractivity contribution in [2.45, 2.75) is 36.0 Å². The summed E-state index contributed by atoms with van der Waals surface area (Å²) in [5.74, 6) is 0. The van der Waals surface area contributed by atoms with Gasteiger partial charge in [0.25, 0.3) is 0 Å². The molecule has 17 rings (SSSR count). The molecular weight excluding hydrogens is 1030 g/mol. The number of anilines is 3. The van der Waals surface area contributed by atoms with Crippen LogP contribution in [0.25, 0.3) is 55.6 Å². The molecule has 5 aliphatic rings. The van der Waals surface area contributed by atoms with Gasteiger partial charge in [0.1, 0.15) is 0 Å². The van der Waals surface area contributed by atoms with Crippen LogP contribution in [-0.2, 0) is 5.41 Å². The zero-order valence-electron chi connectivity index (χ0n) is 45.4. The van der Waals surface area contributed by atoms with Gasteiger partial charge in [-0.2, -0.15) is 0 Å². The molecule has 81 heavy (non-hydrogen) atoms. The molecule has 12 aromatic carbocycles. The molecule has 5 heterocycles. The third kappa shape index (κ3) is 6.45. The van der Waals surface area contributed by atoms with Crippen LogP contribution in [0.2, 0.25) is 0 Å². The van der Waals surface area contributed by atoms with Crippen molar-refractivity contribution in [3.63, 3.8) is 0 Å². The van der Waals surface area contributed by atoms with E-state index in [9.17, 15) is 0 Å². The van der Waals surface area contributed by atoms with Gasteiger partial charge in [0.2, 0.25) is 6.71 Å². The zero-order chi connectivity index (χ0) is 53.8. The van der Waals surface area contributed by atoms with Crippen LogP contribution in [0, 0.1) is 0 Å². The first-order valence-electron chi connectivity index (χ1n) is 28.6. The van der Waals surface area contributed by atoms with Gasteiger partial charge in [0, 0.05) is 26.7 Å². The second-order valence-electron chi connectivity index (χ2n) is 23.8. The Kier molecular flexibility index (Phi) is 10.1. The lowest BCUT2D eigenvalue weighted by Gasteiger charge is -2.42. The predicted molar refractivity (Wildman–Crippen MR) is 350 cm³/mol. The number of fused-ring (bicyclic) bond motifs is 17. The van der Waals surface area contributed by atoms with Crippen molar-refractivity contribution < 1.29 is 0 Å². The highest BCUT2D eigenvalue weighted by Gasteiger charge is 2.55. The van der Waals surface area contributed by atoms with Gasteiger partial charge in [-0.25, -0.2) is 0 Å². The van der Waals surface area contributed by atoms with Crippen molar-refractivity contribution in [2.75, 3.05) is 4.90 Å². The summed E-state index contributed by atoms with van der Waals surface area (Å²) in [5.41, 5.74) is 22.2. The average Bonchev–Trinajstić information content (AvgIpc) is 2.50. The highest BCUT2D eigenvalue weighted by Crippen LogP contribution is 2.49. The van der Waals surface area contributed by atoms with Gasteiger partial charge >= 0.3 is 0 Å². The van der Waals surface area contributed by atoms with Gasteiger partial charge in [-0.15, -0.1) is 0 Å². The SMILES string of the molecule is CC(C)(C)c1ccc(N2c3cc4c(cc3B3c5ccccc5Sc5cc(-c6ccc7c(c6)-c6ccccc6[Si]76c7ccccc7-c7ccccc76)cc2c53)[Si](c2ccccc2)(c2ccccc2)c2ccccc2-4)c(-c2ccccc2)c1. The van der Waals surface area contributed by atoms with E-state index in [1.54, 1.807) is 0 Å². The van der Waals surface area contributed by atoms with E-state index < -0.39 is 16.1 Å². The van der Waals surface area contributed by atoms with Crippen LogP contribution in [0.4, 0.5) is 17.1 Å². The van der Waals surface area contributed by atoms with E-state index in [2.05, 4.69) is 299 Å². The first-order chi connectivity index (χ1) is 39.8. The maximum atomic E-state index is 2.71. The molecule has 0 amide bonds. The highest BCUT2D eigenvalue weighted by molar-refractivity contribution is 8.00. The summed E-state index contributed by atoms with van der Waals surface area (Å²) >= 11 is 1.95. The zero-order valence-corrected chi connectivity index (χ0v) is 48.2. The Hall–Kier alpha value is -8.71. The van der Waals surface area contributed by atoms with Crippen LogP contribution in [0.1, 0.15) is 26.3 Å². The highest BCUT2D eigenvalue weighted by atomic mass is 32.2. The molecule has 0 aromatic heterocycles. The number of hydrogen-bond acceptors (Lipinski definition) is 2. The van der Waals surface area contributed by atoms with Gasteiger partial charge in [0.05, 0.1) is 5.69 Å². The fourth-order valence-corrected chi connectivity index (χ4v) is 27.4. The summed E-state index contributed by atoms with van der Waals surface area (Å²) in [5, 5.41) is 11.8. The van der Waals surface area contributed by atoms with E-state index in [0.29, 0.717) is 0 Å². The van der Waals surface area contributed by atoms with Gasteiger partial charge < -0.3 is 4.90 Å². The summed E-state index contributed by atoms with van der Waals surface area (Å²) in [6.45, 7) is 7.01. The summed E-state index contributed by atoms with van der Waals surface area (Å²) < 4.78 is 0. The quantitative estimate of drug-likeness (QED) is 0.158. The van der Waals surface area contributed by atoms with Crippen LogP contribution >= 0.6 is 11.8 Å². The Labute approximate surface area is 481 Å². The molecule has 0 N–H and O–H groups in total. The van der Waals surface area contributed by atoms with Crippen LogP contribution in [0.15, 0.2) is 283 Å². The van der Waals surface area contributed by atoms with Crippen molar-refractivity contribution in [1.82, 2.24) is 0 Å². The minimum absolute atomic E-state index is 0.00529. The van der Waals surface area contributed by atoms with E-state index >= 15 is 0 Å². The van der Waals surface area contributed by atoms with E-state index in [-0.39, 0.29) is 12.1 Å². The van der Waals surface area contributed by atoms with Crippen LogP contribution in [0.5, 0.6) is 0 Å². The largest absolute Gasteiger partial charge is 0.311 e. The minimum atomic E-state index is -2.86. The maximum absolute atomic E-state index is 2.86. The molecular formula is C76H54BNSSi2. The normalized spacial score (nSPS) is 14.7. The summed E-state index contributed by atoms with van der Waals surface area (Å²) in [4.78, 5) is 5.34. The van der Waals surface area contributed by atoms with Crippen LogP contribution in [-0.4, -0.2) is 22.9 Å². The molecule has 0 bridgehead atoms. The number of benzene rings is 12. The third-order valence-electron chi connectivity index (χ3n) is 18.8. The Morgan fingerprint density at radius 2 is 0.840 bits per heavy atom. The first kappa shape index (κ1) is 47.1. The molecule has 5 heteroatoms. The number of hydrogen-bond donors (Lipinski definition) is 0. The molecule has 0 radical (unpaired) electrons. The summed E-state index contributed by atoms with van der Waals surface area (Å²) in [7, 11) is -5.46. The molecule has 1 spiro atoms. The molecule has 0 fully saturated rings. The standard InChI is InChI=1S/C76H54BNSSi2/c1-76(2,3)52-40-41-64(59(46-52)49-23-7-4-8-24-49)78-65-47-61-58-32-15-19-35-69(58)80(53-25-9-5-10-26-53,54-27-11-6-12-28-54)74(61)48-63(65)77-62-33-17-18-34-67(62)79-68-45-51(44-66(78)75(68)77)50-39-42-73-60(43-50)57-31-16-22-38-72(57)81(73)70-36-20-13-29-55(70)56-30-14-21-37-71(56)81/h4-48H,1-3H3. The van der Waals surface area contributed by atoms with Crippen molar-refractivity contribution in [3.05, 3.63) is 279 Å². The molecule has 12 aromatic rings. The molecule has 1 nitrogen and oxygen atoms in total. The smallest absolute Gasteiger partial charge is 0.249 e. The molecule has 5 aliphatic heterocycles. The Morgan fingerprint density at radius 3 is 1.46 bits per heavy atom. The van der Waals surface area contributed by atoms with Crippen molar-refractivity contribution >= 4 is 110 Å². The lowest BCUT2D eigenvalue weighted by atomic mass is 9.34. The lowest BCUT2D eigenvalue weighted by Crippen LogP contribution is -2.73. The van der Waals surface area contributed by atoms with E-state index in [1.165, 1.54) is 146 Å². The van der Waals surface area contributed by atoms with E-state index in [1.807, 2.05) is 11.8 Å². The van der Waals surface area contributed by atoms with Gasteiger partial charge in [-0.3, -0.25) is 0 Å². The molecule has 0 saturated heterocycles.